The van der Waals surface area contributed by atoms with Crippen LogP contribution in [0.15, 0.2) is 17.0 Å². The molecule has 1 aromatic rings. The SMILES string of the molecule is Cc1cc([N+]#N)c(S(=O)(=O)O)cc1Cl.[Cl-]. The summed E-state index contributed by atoms with van der Waals surface area (Å²) < 4.78 is 30.4. The highest BCUT2D eigenvalue weighted by molar-refractivity contribution is 7.86. The molecule has 0 spiro atoms. The summed E-state index contributed by atoms with van der Waals surface area (Å²) in [5.74, 6) is 0. The summed E-state index contributed by atoms with van der Waals surface area (Å²) in [6.07, 6.45) is 0. The Kier molecular flexibility index (Phi) is 4.49. The zero-order chi connectivity index (χ0) is 10.9. The van der Waals surface area contributed by atoms with E-state index in [1.807, 2.05) is 0 Å². The molecule has 1 N–H and O–H groups in total. The van der Waals surface area contributed by atoms with Gasteiger partial charge in [0.25, 0.3) is 0 Å². The molecule has 0 saturated heterocycles. The predicted octanol–water partition coefficient (Wildman–Crippen LogP) is -0.616. The van der Waals surface area contributed by atoms with E-state index in [1.54, 1.807) is 6.92 Å². The van der Waals surface area contributed by atoms with Crippen LogP contribution in [-0.2, 0) is 10.1 Å². The van der Waals surface area contributed by atoms with Crippen molar-refractivity contribution in [1.82, 2.24) is 0 Å². The van der Waals surface area contributed by atoms with Crippen molar-refractivity contribution < 1.29 is 25.4 Å². The third-order valence-electron chi connectivity index (χ3n) is 1.63. The maximum atomic E-state index is 10.8. The molecule has 0 amide bonds. The first-order valence-electron chi connectivity index (χ1n) is 3.49. The first kappa shape index (κ1) is 14.1. The molecular weight excluding hydrogens is 263 g/mol. The third kappa shape index (κ3) is 3.04. The van der Waals surface area contributed by atoms with Crippen molar-refractivity contribution in [2.75, 3.05) is 0 Å². The fourth-order valence-electron chi connectivity index (χ4n) is 0.933. The van der Waals surface area contributed by atoms with Gasteiger partial charge >= 0.3 is 15.8 Å². The van der Waals surface area contributed by atoms with Gasteiger partial charge in [-0.3, -0.25) is 4.55 Å². The van der Waals surface area contributed by atoms with Crippen LogP contribution in [-0.4, -0.2) is 13.0 Å². The average molecular weight is 269 g/mol. The molecule has 8 heteroatoms. The Balaban J connectivity index is 0.00000196. The van der Waals surface area contributed by atoms with Crippen molar-refractivity contribution in [2.24, 2.45) is 0 Å². The lowest BCUT2D eigenvalue weighted by Crippen LogP contribution is -3.00. The minimum Gasteiger partial charge on any atom is -1.00 e. The van der Waals surface area contributed by atoms with Gasteiger partial charge in [0.1, 0.15) is 0 Å². The molecule has 5 nitrogen and oxygen atoms in total. The second kappa shape index (κ2) is 4.77. The first-order valence-corrected chi connectivity index (χ1v) is 5.31. The highest BCUT2D eigenvalue weighted by Crippen LogP contribution is 2.30. The standard InChI is InChI=1S/C7H5ClN2O3S.ClH/c1-4-2-6(10-9)7(3-5(4)8)14(11,12)13;/h2-3H,1H3;1H. The number of diazo groups is 1. The monoisotopic (exact) mass is 268 g/mol. The van der Waals surface area contributed by atoms with Crippen molar-refractivity contribution >= 4 is 27.4 Å². The number of nitrogens with zero attached hydrogens (tertiary/aromatic N) is 2. The minimum absolute atomic E-state index is 0. The highest BCUT2D eigenvalue weighted by Gasteiger charge is 2.25. The molecule has 0 atom stereocenters. The third-order valence-corrected chi connectivity index (χ3v) is 2.92. The van der Waals surface area contributed by atoms with Crippen molar-refractivity contribution in [3.63, 3.8) is 0 Å². The van der Waals surface area contributed by atoms with Crippen LogP contribution in [0, 0.1) is 12.3 Å². The van der Waals surface area contributed by atoms with Gasteiger partial charge in [-0.25, -0.2) is 0 Å². The van der Waals surface area contributed by atoms with E-state index in [1.165, 1.54) is 6.07 Å². The van der Waals surface area contributed by atoms with Crippen LogP contribution >= 0.6 is 11.6 Å². The second-order valence-electron chi connectivity index (χ2n) is 2.64. The summed E-state index contributed by atoms with van der Waals surface area (Å²) in [7, 11) is -4.42. The normalized spacial score (nSPS) is 10.3. The van der Waals surface area contributed by atoms with Crippen LogP contribution in [0.5, 0.6) is 0 Å². The summed E-state index contributed by atoms with van der Waals surface area (Å²) in [4.78, 5) is 2.22. The Morgan fingerprint density at radius 1 is 1.47 bits per heavy atom. The van der Waals surface area contributed by atoms with E-state index in [2.05, 4.69) is 4.98 Å². The quantitative estimate of drug-likeness (QED) is 0.544. The molecular formula is C7H6Cl2N2O3S. The van der Waals surface area contributed by atoms with Crippen molar-refractivity contribution in [2.45, 2.75) is 11.8 Å². The average Bonchev–Trinajstić information content (AvgIpc) is 2.07. The number of hydrogen-bond acceptors (Lipinski definition) is 3. The molecule has 0 aliphatic carbocycles. The maximum absolute atomic E-state index is 10.8. The van der Waals surface area contributed by atoms with Gasteiger partial charge in [0.05, 0.1) is 0 Å². The number of halogens is 2. The Morgan fingerprint density at radius 3 is 2.40 bits per heavy atom. The molecule has 15 heavy (non-hydrogen) atoms. The molecule has 0 unspecified atom stereocenters. The molecule has 0 fully saturated rings. The van der Waals surface area contributed by atoms with Gasteiger partial charge in [0, 0.05) is 11.1 Å². The largest absolute Gasteiger partial charge is 1.00 e. The fourth-order valence-corrected chi connectivity index (χ4v) is 1.79. The van der Waals surface area contributed by atoms with Gasteiger partial charge in [-0.1, -0.05) is 11.6 Å². The number of hydrogen-bond donors (Lipinski definition) is 1. The molecule has 82 valence electrons. The maximum Gasteiger partial charge on any atom is 0.406 e. The van der Waals surface area contributed by atoms with Crippen molar-refractivity contribution in [1.29, 1.82) is 5.39 Å². The molecule has 0 radical (unpaired) electrons. The molecule has 0 aromatic heterocycles. The van der Waals surface area contributed by atoms with E-state index < -0.39 is 15.0 Å². The van der Waals surface area contributed by atoms with Crippen molar-refractivity contribution in [3.05, 3.63) is 27.7 Å². The van der Waals surface area contributed by atoms with E-state index in [4.69, 9.17) is 21.5 Å². The Labute approximate surface area is 97.8 Å². The molecule has 0 aliphatic heterocycles. The summed E-state index contributed by atoms with van der Waals surface area (Å²) >= 11 is 5.65. The lowest BCUT2D eigenvalue weighted by Gasteiger charge is -1.97. The van der Waals surface area contributed by atoms with Gasteiger partial charge in [-0.2, -0.15) is 8.42 Å². The number of aryl methyl sites for hydroxylation is 1. The van der Waals surface area contributed by atoms with Gasteiger partial charge in [0.15, 0.2) is 9.87 Å². The minimum atomic E-state index is -4.42. The highest BCUT2D eigenvalue weighted by atomic mass is 35.5. The smallest absolute Gasteiger partial charge is 0.406 e. The van der Waals surface area contributed by atoms with E-state index in [0.717, 1.165) is 6.07 Å². The lowest BCUT2D eigenvalue weighted by atomic mass is 10.2. The van der Waals surface area contributed by atoms with Crippen LogP contribution < -0.4 is 12.4 Å². The lowest BCUT2D eigenvalue weighted by molar-refractivity contribution is -0.00000725. The Morgan fingerprint density at radius 2 is 2.00 bits per heavy atom. The zero-order valence-electron chi connectivity index (χ0n) is 7.48. The summed E-state index contributed by atoms with van der Waals surface area (Å²) in [5, 5.41) is 8.67. The van der Waals surface area contributed by atoms with Gasteiger partial charge < -0.3 is 12.4 Å². The van der Waals surface area contributed by atoms with Crippen LogP contribution in [0.2, 0.25) is 5.02 Å². The fraction of sp³-hybridized carbons (Fsp3) is 0.143. The molecule has 0 aliphatic rings. The molecule has 1 rings (SSSR count). The second-order valence-corrected chi connectivity index (χ2v) is 4.44. The van der Waals surface area contributed by atoms with E-state index in [9.17, 15) is 8.42 Å². The Hall–Kier alpha value is -0.870. The molecule has 1 aromatic carbocycles. The molecule has 0 saturated carbocycles. The van der Waals surface area contributed by atoms with E-state index >= 15 is 0 Å². The van der Waals surface area contributed by atoms with Gasteiger partial charge in [-0.15, -0.1) is 0 Å². The molecule has 0 heterocycles. The first-order chi connectivity index (χ1) is 6.36. The van der Waals surface area contributed by atoms with Crippen LogP contribution in [0.25, 0.3) is 4.98 Å². The van der Waals surface area contributed by atoms with Gasteiger partial charge in [-0.05, 0) is 18.6 Å². The summed E-state index contributed by atoms with van der Waals surface area (Å²) in [6, 6.07) is 2.28. The predicted molar refractivity (Wildman–Crippen MR) is 50.7 cm³/mol. The Bertz CT molecular complexity index is 522. The topological polar surface area (TPSA) is 82.5 Å². The van der Waals surface area contributed by atoms with Crippen molar-refractivity contribution in [3.8, 4) is 0 Å². The molecule has 0 bridgehead atoms. The van der Waals surface area contributed by atoms with Gasteiger partial charge in [0.2, 0.25) is 5.39 Å². The number of benzene rings is 1. The summed E-state index contributed by atoms with van der Waals surface area (Å²) in [6.45, 7) is 1.62. The van der Waals surface area contributed by atoms with Crippen LogP contribution in [0.1, 0.15) is 5.56 Å². The van der Waals surface area contributed by atoms with E-state index in [-0.39, 0.29) is 23.1 Å². The summed E-state index contributed by atoms with van der Waals surface area (Å²) in [5.41, 5.74) is 0.307. The van der Waals surface area contributed by atoms with E-state index in [0.29, 0.717) is 5.56 Å². The van der Waals surface area contributed by atoms with Crippen LogP contribution in [0.3, 0.4) is 0 Å². The van der Waals surface area contributed by atoms with Crippen LogP contribution in [0.4, 0.5) is 5.69 Å². The zero-order valence-corrected chi connectivity index (χ0v) is 9.81. The number of rotatable bonds is 1.